The molecule has 0 radical (unpaired) electrons. The number of aliphatic hydroxyl groups is 1. The van der Waals surface area contributed by atoms with Crippen LogP contribution in [0.25, 0.3) is 0 Å². The average Bonchev–Trinajstić information content (AvgIpc) is 3.15. The molecule has 1 N–H and O–H groups in total. The molecule has 0 bridgehead atoms. The highest BCUT2D eigenvalue weighted by molar-refractivity contribution is 5.99. The predicted octanol–water partition coefficient (Wildman–Crippen LogP) is 1.61. The number of nitrogens with zero attached hydrogens (tertiary/aromatic N) is 2. The molecule has 0 aromatic heterocycles. The molecule has 180 valence electrons. The zero-order valence-corrected chi connectivity index (χ0v) is 19.2. The Kier molecular flexibility index (Phi) is 6.04. The number of aliphatic hydroxyl groups excluding tert-OH is 1. The molecule has 1 spiro atoms. The van der Waals surface area contributed by atoms with E-state index in [0.717, 1.165) is 18.4 Å². The molecule has 4 heterocycles. The van der Waals surface area contributed by atoms with Gasteiger partial charge in [-0.1, -0.05) is 61.9 Å². The van der Waals surface area contributed by atoms with Crippen LogP contribution in [0.2, 0.25) is 0 Å². The molecule has 2 amide bonds. The Morgan fingerprint density at radius 3 is 2.68 bits per heavy atom. The fourth-order valence-electron chi connectivity index (χ4n) is 5.87. The Labute approximate surface area is 198 Å². The van der Waals surface area contributed by atoms with Gasteiger partial charge in [0, 0.05) is 13.1 Å². The lowest BCUT2D eigenvalue weighted by Crippen LogP contribution is -2.56. The van der Waals surface area contributed by atoms with E-state index in [-0.39, 0.29) is 25.0 Å². The summed E-state index contributed by atoms with van der Waals surface area (Å²) in [5.74, 6) is -2.87. The molecule has 2 fully saturated rings. The number of cyclic esters (lactones) is 1. The summed E-state index contributed by atoms with van der Waals surface area (Å²) in [5.41, 5.74) is -0.595. The minimum absolute atomic E-state index is 0.124. The Bertz CT molecular complexity index is 1020. The summed E-state index contributed by atoms with van der Waals surface area (Å²) in [6.07, 6.45) is 8.25. The lowest BCUT2D eigenvalue weighted by atomic mass is 9.78. The van der Waals surface area contributed by atoms with E-state index in [1.54, 1.807) is 23.1 Å². The highest BCUT2D eigenvalue weighted by atomic mass is 16.6. The van der Waals surface area contributed by atoms with E-state index < -0.39 is 41.6 Å². The van der Waals surface area contributed by atoms with Gasteiger partial charge >= 0.3 is 5.97 Å². The topological polar surface area (TPSA) is 96.4 Å². The number of ether oxygens (including phenoxy) is 2. The molecule has 8 heteroatoms. The van der Waals surface area contributed by atoms with Crippen LogP contribution in [0.15, 0.2) is 54.6 Å². The van der Waals surface area contributed by atoms with Crippen molar-refractivity contribution in [1.82, 2.24) is 9.80 Å². The van der Waals surface area contributed by atoms with Crippen LogP contribution in [0.1, 0.15) is 31.4 Å². The third-order valence-corrected chi connectivity index (χ3v) is 7.41. The van der Waals surface area contributed by atoms with Crippen molar-refractivity contribution in [2.24, 2.45) is 11.8 Å². The number of amides is 2. The monoisotopic (exact) mass is 466 g/mol. The lowest BCUT2D eigenvalue weighted by molar-refractivity contribution is -0.155. The molecule has 8 nitrogen and oxygen atoms in total. The van der Waals surface area contributed by atoms with Crippen molar-refractivity contribution in [2.45, 2.75) is 43.6 Å². The smallest absolute Gasteiger partial charge is 0.313 e. The van der Waals surface area contributed by atoms with Gasteiger partial charge in [-0.25, -0.2) is 0 Å². The summed E-state index contributed by atoms with van der Waals surface area (Å²) < 4.78 is 11.8. The van der Waals surface area contributed by atoms with Crippen LogP contribution >= 0.6 is 0 Å². The maximum atomic E-state index is 14.1. The summed E-state index contributed by atoms with van der Waals surface area (Å²) in [7, 11) is 0. The Morgan fingerprint density at radius 1 is 1.15 bits per heavy atom. The Balaban J connectivity index is 1.64. The van der Waals surface area contributed by atoms with Gasteiger partial charge < -0.3 is 24.4 Å². The number of unbranched alkanes of at least 4 members (excludes halogenated alkanes) is 1. The molecular weight excluding hydrogens is 436 g/mol. The number of esters is 1. The average molecular weight is 467 g/mol. The third-order valence-electron chi connectivity index (χ3n) is 7.41. The van der Waals surface area contributed by atoms with Gasteiger partial charge in [0.25, 0.3) is 0 Å². The van der Waals surface area contributed by atoms with Crippen molar-refractivity contribution >= 4 is 17.8 Å². The summed E-state index contributed by atoms with van der Waals surface area (Å²) >= 11 is 0. The van der Waals surface area contributed by atoms with Crippen molar-refractivity contribution in [3.8, 4) is 0 Å². The first-order chi connectivity index (χ1) is 16.5. The van der Waals surface area contributed by atoms with E-state index in [1.807, 2.05) is 36.4 Å². The maximum Gasteiger partial charge on any atom is 0.313 e. The maximum absolute atomic E-state index is 14.1. The van der Waals surface area contributed by atoms with E-state index in [9.17, 15) is 19.5 Å². The third kappa shape index (κ3) is 3.39. The predicted molar refractivity (Wildman–Crippen MR) is 122 cm³/mol. The summed E-state index contributed by atoms with van der Waals surface area (Å²) in [5, 5.41) is 10.4. The fourth-order valence-corrected chi connectivity index (χ4v) is 5.87. The molecule has 6 atom stereocenters. The van der Waals surface area contributed by atoms with E-state index in [1.165, 1.54) is 4.90 Å². The number of hydrogen-bond donors (Lipinski definition) is 1. The molecule has 0 aliphatic carbocycles. The van der Waals surface area contributed by atoms with Gasteiger partial charge in [0.05, 0.1) is 24.7 Å². The first kappa shape index (κ1) is 22.8. The minimum Gasteiger partial charge on any atom is -0.461 e. The van der Waals surface area contributed by atoms with Crippen molar-refractivity contribution in [3.63, 3.8) is 0 Å². The largest absolute Gasteiger partial charge is 0.461 e. The molecule has 2 saturated heterocycles. The number of benzene rings is 1. The van der Waals surface area contributed by atoms with Crippen molar-refractivity contribution in [2.75, 3.05) is 26.3 Å². The summed E-state index contributed by atoms with van der Waals surface area (Å²) in [4.78, 5) is 44.3. The molecule has 4 aliphatic heterocycles. The molecular formula is C26H30N2O6. The zero-order chi connectivity index (χ0) is 23.9. The number of rotatable bonds is 6. The van der Waals surface area contributed by atoms with Crippen LogP contribution in [-0.4, -0.2) is 76.7 Å². The van der Waals surface area contributed by atoms with E-state index >= 15 is 0 Å². The van der Waals surface area contributed by atoms with Gasteiger partial charge in [0.2, 0.25) is 11.8 Å². The molecule has 1 aromatic rings. The number of carbonyl (C=O) groups is 3. The van der Waals surface area contributed by atoms with Crippen LogP contribution in [-0.2, 0) is 23.9 Å². The first-order valence-corrected chi connectivity index (χ1v) is 12.0. The minimum atomic E-state index is -1.31. The van der Waals surface area contributed by atoms with Crippen molar-refractivity contribution < 1.29 is 29.0 Å². The van der Waals surface area contributed by atoms with Gasteiger partial charge in [-0.05, 0) is 18.1 Å². The van der Waals surface area contributed by atoms with Crippen LogP contribution < -0.4 is 0 Å². The Morgan fingerprint density at radius 2 is 1.94 bits per heavy atom. The van der Waals surface area contributed by atoms with E-state index in [2.05, 4.69) is 6.92 Å². The highest BCUT2D eigenvalue weighted by Crippen LogP contribution is 2.55. The molecule has 1 aromatic carbocycles. The van der Waals surface area contributed by atoms with Gasteiger partial charge in [-0.2, -0.15) is 0 Å². The molecule has 1 unspecified atom stereocenters. The van der Waals surface area contributed by atoms with Crippen LogP contribution in [0, 0.1) is 11.8 Å². The van der Waals surface area contributed by atoms with Gasteiger partial charge in [-0.3, -0.25) is 14.4 Å². The molecule has 5 rings (SSSR count). The summed E-state index contributed by atoms with van der Waals surface area (Å²) in [6, 6.07) is 7.43. The van der Waals surface area contributed by atoms with Gasteiger partial charge in [-0.15, -0.1) is 0 Å². The molecule has 34 heavy (non-hydrogen) atoms. The molecule has 4 aliphatic rings. The fraction of sp³-hybridized carbons (Fsp3) is 0.500. The van der Waals surface area contributed by atoms with Crippen LogP contribution in [0.4, 0.5) is 0 Å². The Hall–Kier alpha value is -2.97. The summed E-state index contributed by atoms with van der Waals surface area (Å²) in [6.45, 7) is 2.78. The normalized spacial score (nSPS) is 33.2. The van der Waals surface area contributed by atoms with Gasteiger partial charge in [0.1, 0.15) is 24.2 Å². The standard InChI is InChI=1S/C26H30N2O6/c1-2-3-13-27-14-8-12-26-21(20-19(34-26)11-7-15-33-25(20)32)23(30)28(22(26)24(27)31)18(16-29)17-9-5-4-6-10-17/h4-12,18-22,29H,2-3,13-16H2,1H3/t18-,19-,20+,21+,22?,26+/m1/s1. The second kappa shape index (κ2) is 9.00. The van der Waals surface area contributed by atoms with E-state index in [4.69, 9.17) is 9.47 Å². The number of carbonyl (C=O) groups excluding carboxylic acids is 3. The van der Waals surface area contributed by atoms with Crippen LogP contribution in [0.5, 0.6) is 0 Å². The second-order valence-corrected chi connectivity index (χ2v) is 9.29. The number of hydrogen-bond acceptors (Lipinski definition) is 6. The highest BCUT2D eigenvalue weighted by Gasteiger charge is 2.72. The SMILES string of the molecule is CCCCN1CC=C[C@]23O[C@@H]4C=CCOC(=O)[C@@H]4[C@H]2C(=O)N([C@H](CO)c2ccccc2)C3C1=O. The van der Waals surface area contributed by atoms with Crippen molar-refractivity contribution in [1.29, 1.82) is 0 Å². The molecule has 0 saturated carbocycles. The first-order valence-electron chi connectivity index (χ1n) is 12.0. The lowest BCUT2D eigenvalue weighted by Gasteiger charge is -2.38. The quantitative estimate of drug-likeness (QED) is 0.506. The van der Waals surface area contributed by atoms with Gasteiger partial charge in [0.15, 0.2) is 0 Å². The number of fused-ring (bicyclic) bond motifs is 2. The van der Waals surface area contributed by atoms with Crippen LogP contribution in [0.3, 0.4) is 0 Å². The van der Waals surface area contributed by atoms with E-state index in [0.29, 0.717) is 13.1 Å². The number of likely N-dealkylation sites (tertiary alicyclic amines) is 1. The van der Waals surface area contributed by atoms with Crippen molar-refractivity contribution in [3.05, 3.63) is 60.2 Å². The zero-order valence-electron chi connectivity index (χ0n) is 19.2. The second-order valence-electron chi connectivity index (χ2n) is 9.29.